The molecule has 0 aromatic heterocycles. The molecule has 0 aliphatic carbocycles. The number of hydrogen-bond donors (Lipinski definition) is 1. The lowest BCUT2D eigenvalue weighted by molar-refractivity contribution is -0.127. The van der Waals surface area contributed by atoms with Crippen LogP contribution in [0.1, 0.15) is 6.42 Å². The second-order valence-electron chi connectivity index (χ2n) is 4.39. The van der Waals surface area contributed by atoms with Crippen molar-refractivity contribution in [2.45, 2.75) is 11.3 Å². The Hall–Kier alpha value is -0.320. The third-order valence-electron chi connectivity index (χ3n) is 3.00. The van der Waals surface area contributed by atoms with E-state index in [0.717, 1.165) is 29.6 Å². The van der Waals surface area contributed by atoms with Gasteiger partial charge >= 0.3 is 0 Å². The summed E-state index contributed by atoms with van der Waals surface area (Å²) in [4.78, 5) is 14.8. The Balaban J connectivity index is 1.75. The van der Waals surface area contributed by atoms with Crippen molar-refractivity contribution in [3.63, 3.8) is 0 Å². The van der Waals surface area contributed by atoms with E-state index in [4.69, 9.17) is 11.6 Å². The third-order valence-corrected chi connectivity index (χ3v) is 4.76. The molecule has 18 heavy (non-hydrogen) atoms. The molecule has 2 rings (SSSR count). The fourth-order valence-corrected chi connectivity index (χ4v) is 3.24. The Bertz CT molecular complexity index is 410. The minimum atomic E-state index is 0.269. The smallest absolute Gasteiger partial charge is 0.222 e. The molecule has 1 aliphatic rings. The molecule has 1 aromatic rings. The molecule has 1 heterocycles. The van der Waals surface area contributed by atoms with E-state index in [1.165, 1.54) is 4.90 Å². The fourth-order valence-electron chi connectivity index (χ4n) is 2.00. The van der Waals surface area contributed by atoms with E-state index < -0.39 is 0 Å². The molecule has 1 saturated heterocycles. The van der Waals surface area contributed by atoms with E-state index >= 15 is 0 Å². The molecular weight excluding hydrogens is 286 g/mol. The van der Waals surface area contributed by atoms with Crippen molar-refractivity contribution in [1.82, 2.24) is 4.90 Å². The Kier molecular flexibility index (Phi) is 5.27. The minimum Gasteiger partial charge on any atom is -0.342 e. The predicted octanol–water partition coefficient (Wildman–Crippen LogP) is 3.21. The van der Waals surface area contributed by atoms with Crippen LogP contribution >= 0.6 is 36.0 Å². The van der Waals surface area contributed by atoms with E-state index in [1.54, 1.807) is 11.8 Å². The molecular formula is C13H16ClNOS2. The van der Waals surface area contributed by atoms with Crippen molar-refractivity contribution < 1.29 is 4.79 Å². The summed E-state index contributed by atoms with van der Waals surface area (Å²) in [5.74, 6) is 2.42. The lowest BCUT2D eigenvalue weighted by atomic mass is 10.1. The Morgan fingerprint density at radius 1 is 1.39 bits per heavy atom. The number of carbonyl (C=O) groups excluding carboxylic acids is 1. The maximum Gasteiger partial charge on any atom is 0.222 e. The number of thioether (sulfide) groups is 1. The van der Waals surface area contributed by atoms with Crippen molar-refractivity contribution in [3.05, 3.63) is 29.3 Å². The molecule has 1 unspecified atom stereocenters. The highest BCUT2D eigenvalue weighted by Crippen LogP contribution is 2.23. The quantitative estimate of drug-likeness (QED) is 0.666. The number of carbonyl (C=O) groups is 1. The summed E-state index contributed by atoms with van der Waals surface area (Å²) in [7, 11) is 0. The fraction of sp³-hybridized carbons (Fsp3) is 0.462. The summed E-state index contributed by atoms with van der Waals surface area (Å²) in [5.41, 5.74) is 0. The molecule has 1 aliphatic heterocycles. The largest absolute Gasteiger partial charge is 0.342 e. The lowest BCUT2D eigenvalue weighted by Gasteiger charge is -2.15. The summed E-state index contributed by atoms with van der Waals surface area (Å²) in [6, 6.07) is 7.80. The number of hydrogen-bond acceptors (Lipinski definition) is 3. The highest BCUT2D eigenvalue weighted by atomic mass is 35.5. The molecule has 1 aromatic carbocycles. The van der Waals surface area contributed by atoms with Crippen molar-refractivity contribution in [1.29, 1.82) is 0 Å². The first-order chi connectivity index (χ1) is 8.69. The first-order valence-electron chi connectivity index (χ1n) is 5.96. The Labute approximate surface area is 122 Å². The molecule has 0 saturated carbocycles. The van der Waals surface area contributed by atoms with Gasteiger partial charge in [-0.15, -0.1) is 11.8 Å². The van der Waals surface area contributed by atoms with Gasteiger partial charge in [0.2, 0.25) is 5.91 Å². The molecule has 98 valence electrons. The van der Waals surface area contributed by atoms with Gasteiger partial charge in [0.1, 0.15) is 0 Å². The van der Waals surface area contributed by atoms with Crippen LogP contribution in [0, 0.1) is 5.92 Å². The molecule has 1 atom stereocenters. The van der Waals surface area contributed by atoms with Gasteiger partial charge in [0.15, 0.2) is 0 Å². The van der Waals surface area contributed by atoms with E-state index in [2.05, 4.69) is 12.6 Å². The summed E-state index contributed by atoms with van der Waals surface area (Å²) in [6.45, 7) is 1.68. The Morgan fingerprint density at radius 2 is 2.11 bits per heavy atom. The SMILES string of the molecule is O=C1CC(CS)CN1CCSc1ccc(Cl)cc1. The zero-order chi connectivity index (χ0) is 13.0. The van der Waals surface area contributed by atoms with Gasteiger partial charge in [-0.05, 0) is 35.9 Å². The van der Waals surface area contributed by atoms with Crippen LogP contribution in [0.5, 0.6) is 0 Å². The number of halogens is 1. The Morgan fingerprint density at radius 3 is 2.72 bits per heavy atom. The van der Waals surface area contributed by atoms with Gasteiger partial charge in [-0.3, -0.25) is 4.79 Å². The van der Waals surface area contributed by atoms with Gasteiger partial charge in [0, 0.05) is 35.2 Å². The van der Waals surface area contributed by atoms with Gasteiger partial charge in [-0.2, -0.15) is 12.6 Å². The van der Waals surface area contributed by atoms with Crippen molar-refractivity contribution in [2.75, 3.05) is 24.6 Å². The van der Waals surface area contributed by atoms with Crippen LogP contribution in [0.15, 0.2) is 29.2 Å². The third kappa shape index (κ3) is 3.84. The van der Waals surface area contributed by atoms with Gasteiger partial charge in [-0.1, -0.05) is 11.6 Å². The van der Waals surface area contributed by atoms with E-state index in [0.29, 0.717) is 12.3 Å². The number of amides is 1. The molecule has 1 amide bonds. The molecule has 2 nitrogen and oxygen atoms in total. The van der Waals surface area contributed by atoms with Gasteiger partial charge in [-0.25, -0.2) is 0 Å². The summed E-state index contributed by atoms with van der Waals surface area (Å²) >= 11 is 11.8. The standard InChI is InChI=1S/C13H16ClNOS2/c14-11-1-3-12(4-2-11)18-6-5-15-8-10(9-17)7-13(15)16/h1-4,10,17H,5-9H2. The summed E-state index contributed by atoms with van der Waals surface area (Å²) in [5, 5.41) is 0.755. The number of likely N-dealkylation sites (tertiary alicyclic amines) is 1. The van der Waals surface area contributed by atoms with Gasteiger partial charge < -0.3 is 4.90 Å². The van der Waals surface area contributed by atoms with Crippen LogP contribution in [0.3, 0.4) is 0 Å². The van der Waals surface area contributed by atoms with Gasteiger partial charge in [0.05, 0.1) is 0 Å². The average Bonchev–Trinajstić information content (AvgIpc) is 2.73. The summed E-state index contributed by atoms with van der Waals surface area (Å²) < 4.78 is 0. The highest BCUT2D eigenvalue weighted by Gasteiger charge is 2.27. The molecule has 5 heteroatoms. The maximum atomic E-state index is 11.7. The second kappa shape index (κ2) is 6.73. The highest BCUT2D eigenvalue weighted by molar-refractivity contribution is 7.99. The zero-order valence-corrected chi connectivity index (χ0v) is 12.5. The predicted molar refractivity (Wildman–Crippen MR) is 80.7 cm³/mol. The van der Waals surface area contributed by atoms with Crippen molar-refractivity contribution >= 4 is 41.9 Å². The first kappa shape index (κ1) is 14.1. The van der Waals surface area contributed by atoms with Crippen LogP contribution in [-0.4, -0.2) is 35.4 Å². The van der Waals surface area contributed by atoms with Gasteiger partial charge in [0.25, 0.3) is 0 Å². The molecule has 1 fully saturated rings. The monoisotopic (exact) mass is 301 g/mol. The zero-order valence-electron chi connectivity index (χ0n) is 10.0. The number of benzene rings is 1. The van der Waals surface area contributed by atoms with Crippen LogP contribution in [0.25, 0.3) is 0 Å². The van der Waals surface area contributed by atoms with Crippen molar-refractivity contribution in [2.24, 2.45) is 5.92 Å². The number of thiol groups is 1. The molecule has 0 N–H and O–H groups in total. The normalized spacial score (nSPS) is 19.6. The lowest BCUT2D eigenvalue weighted by Crippen LogP contribution is -2.27. The van der Waals surface area contributed by atoms with Crippen LogP contribution in [0.2, 0.25) is 5.02 Å². The van der Waals surface area contributed by atoms with Crippen LogP contribution in [-0.2, 0) is 4.79 Å². The van der Waals surface area contributed by atoms with Crippen LogP contribution < -0.4 is 0 Å². The topological polar surface area (TPSA) is 20.3 Å². The number of nitrogens with zero attached hydrogens (tertiary/aromatic N) is 1. The van der Waals surface area contributed by atoms with Crippen LogP contribution in [0.4, 0.5) is 0 Å². The maximum absolute atomic E-state index is 11.7. The van der Waals surface area contributed by atoms with Crippen molar-refractivity contribution in [3.8, 4) is 0 Å². The number of rotatable bonds is 5. The first-order valence-corrected chi connectivity index (χ1v) is 7.95. The van der Waals surface area contributed by atoms with E-state index in [-0.39, 0.29) is 5.91 Å². The molecule has 0 bridgehead atoms. The minimum absolute atomic E-state index is 0.269. The van der Waals surface area contributed by atoms with E-state index in [1.807, 2.05) is 29.2 Å². The summed E-state index contributed by atoms with van der Waals surface area (Å²) in [6.07, 6.45) is 0.662. The van der Waals surface area contributed by atoms with E-state index in [9.17, 15) is 4.79 Å². The second-order valence-corrected chi connectivity index (χ2v) is 6.36. The average molecular weight is 302 g/mol. The molecule has 0 spiro atoms. The molecule has 0 radical (unpaired) electrons.